The Labute approximate surface area is 180 Å². The number of nitrogens with one attached hydrogen (secondary N) is 1. The van der Waals surface area contributed by atoms with Gasteiger partial charge >= 0.3 is 0 Å². The van der Waals surface area contributed by atoms with Crippen LogP contribution in [0.15, 0.2) is 42.5 Å². The number of hydrogen-bond donors (Lipinski definition) is 1. The van der Waals surface area contributed by atoms with E-state index in [4.69, 9.17) is 27.9 Å². The highest BCUT2D eigenvalue weighted by atomic mass is 35.5. The average Bonchev–Trinajstić information content (AvgIpc) is 2.68. The highest BCUT2D eigenvalue weighted by Gasteiger charge is 2.17. The van der Waals surface area contributed by atoms with Crippen LogP contribution in [0.2, 0.25) is 10.0 Å². The Morgan fingerprint density at radius 1 is 1.14 bits per heavy atom. The second-order valence-corrected chi connectivity index (χ2v) is 8.73. The summed E-state index contributed by atoms with van der Waals surface area (Å²) in [5.74, 6) is 1.89. The molecular formula is C21H24Cl2N2O2S. The minimum atomic E-state index is -0.0333. The third kappa shape index (κ3) is 6.59. The van der Waals surface area contributed by atoms with E-state index in [-0.39, 0.29) is 12.0 Å². The van der Waals surface area contributed by atoms with E-state index in [0.717, 1.165) is 42.9 Å². The standard InChI is InChI=1S/C21H24Cl2N2O2S/c1-25-10-8-18(9-11-25)27-17-5-3-16(4-6-17)24-21(26)14-28-13-15-2-7-19(22)20(23)12-15/h2-7,12,18H,8-11,13-14H2,1H3,(H,24,26). The number of carbonyl (C=O) groups excluding carboxylic acids is 1. The van der Waals surface area contributed by atoms with Gasteiger partial charge in [-0.05, 0) is 61.9 Å². The van der Waals surface area contributed by atoms with Crippen molar-refractivity contribution in [1.29, 1.82) is 0 Å². The zero-order chi connectivity index (χ0) is 19.9. The first kappa shape index (κ1) is 21.3. The summed E-state index contributed by atoms with van der Waals surface area (Å²) < 4.78 is 6.03. The molecule has 0 radical (unpaired) electrons. The highest BCUT2D eigenvalue weighted by molar-refractivity contribution is 7.99. The molecule has 1 saturated heterocycles. The lowest BCUT2D eigenvalue weighted by Crippen LogP contribution is -2.35. The number of thioether (sulfide) groups is 1. The first-order valence-corrected chi connectivity index (χ1v) is 11.2. The van der Waals surface area contributed by atoms with Crippen LogP contribution >= 0.6 is 35.0 Å². The topological polar surface area (TPSA) is 41.6 Å². The van der Waals surface area contributed by atoms with Gasteiger partial charge in [0, 0.05) is 24.5 Å². The number of hydrogen-bond acceptors (Lipinski definition) is 4. The summed E-state index contributed by atoms with van der Waals surface area (Å²) in [5.41, 5.74) is 1.82. The minimum absolute atomic E-state index is 0.0333. The van der Waals surface area contributed by atoms with E-state index in [1.54, 1.807) is 6.07 Å². The molecule has 7 heteroatoms. The average molecular weight is 439 g/mol. The number of nitrogens with zero attached hydrogens (tertiary/aromatic N) is 1. The van der Waals surface area contributed by atoms with E-state index in [1.807, 2.05) is 36.4 Å². The molecule has 0 aliphatic carbocycles. The van der Waals surface area contributed by atoms with Crippen LogP contribution in [0.1, 0.15) is 18.4 Å². The van der Waals surface area contributed by atoms with E-state index < -0.39 is 0 Å². The highest BCUT2D eigenvalue weighted by Crippen LogP contribution is 2.25. The van der Waals surface area contributed by atoms with Gasteiger partial charge in [-0.1, -0.05) is 29.3 Å². The van der Waals surface area contributed by atoms with Crippen LogP contribution in [0, 0.1) is 0 Å². The summed E-state index contributed by atoms with van der Waals surface area (Å²) in [5, 5.41) is 3.99. The maximum atomic E-state index is 12.1. The molecule has 4 nitrogen and oxygen atoms in total. The van der Waals surface area contributed by atoms with Gasteiger partial charge in [0.15, 0.2) is 0 Å². The SMILES string of the molecule is CN1CCC(Oc2ccc(NC(=O)CSCc3ccc(Cl)c(Cl)c3)cc2)CC1. The molecule has 3 rings (SSSR count). The molecule has 0 spiro atoms. The first-order valence-electron chi connectivity index (χ1n) is 9.26. The van der Waals surface area contributed by atoms with Crippen molar-refractivity contribution in [3.63, 3.8) is 0 Å². The molecular weight excluding hydrogens is 415 g/mol. The normalized spacial score (nSPS) is 15.4. The largest absolute Gasteiger partial charge is 0.490 e. The Morgan fingerprint density at radius 3 is 2.54 bits per heavy atom. The molecule has 0 bridgehead atoms. The van der Waals surface area contributed by atoms with E-state index in [1.165, 1.54) is 11.8 Å². The molecule has 1 aliphatic rings. The van der Waals surface area contributed by atoms with Crippen molar-refractivity contribution in [2.75, 3.05) is 31.2 Å². The van der Waals surface area contributed by atoms with Crippen LogP contribution in [0.4, 0.5) is 5.69 Å². The van der Waals surface area contributed by atoms with E-state index in [2.05, 4.69) is 17.3 Å². The van der Waals surface area contributed by atoms with Gasteiger partial charge in [-0.15, -0.1) is 11.8 Å². The van der Waals surface area contributed by atoms with Crippen molar-refractivity contribution in [1.82, 2.24) is 4.90 Å². The van der Waals surface area contributed by atoms with Gasteiger partial charge in [-0.3, -0.25) is 4.79 Å². The second-order valence-electron chi connectivity index (χ2n) is 6.93. The number of ether oxygens (including phenoxy) is 1. The zero-order valence-electron chi connectivity index (χ0n) is 15.8. The fourth-order valence-corrected chi connectivity index (χ4v) is 4.10. The molecule has 0 saturated carbocycles. The molecule has 0 unspecified atom stereocenters. The van der Waals surface area contributed by atoms with Crippen LogP contribution in [0.3, 0.4) is 0 Å². The van der Waals surface area contributed by atoms with Crippen molar-refractivity contribution in [2.45, 2.75) is 24.7 Å². The lowest BCUT2D eigenvalue weighted by molar-refractivity contribution is -0.113. The fourth-order valence-electron chi connectivity index (χ4n) is 3.00. The molecule has 2 aromatic rings. The molecule has 2 aromatic carbocycles. The Balaban J connectivity index is 1.40. The lowest BCUT2D eigenvalue weighted by Gasteiger charge is -2.29. The Kier molecular flexibility index (Phi) is 7.91. The third-order valence-corrected chi connectivity index (χ3v) is 6.34. The Morgan fingerprint density at radius 2 is 1.86 bits per heavy atom. The number of piperidine rings is 1. The lowest BCUT2D eigenvalue weighted by atomic mass is 10.1. The monoisotopic (exact) mass is 438 g/mol. The van der Waals surface area contributed by atoms with Gasteiger partial charge in [-0.25, -0.2) is 0 Å². The minimum Gasteiger partial charge on any atom is -0.490 e. The summed E-state index contributed by atoms with van der Waals surface area (Å²) in [6.45, 7) is 2.14. The molecule has 150 valence electrons. The zero-order valence-corrected chi connectivity index (χ0v) is 18.1. The number of likely N-dealkylation sites (tertiary alicyclic amines) is 1. The molecule has 1 amide bonds. The Bertz CT molecular complexity index is 793. The van der Waals surface area contributed by atoms with E-state index >= 15 is 0 Å². The number of amides is 1. The third-order valence-electron chi connectivity index (χ3n) is 4.59. The van der Waals surface area contributed by atoms with Gasteiger partial charge in [-0.2, -0.15) is 0 Å². The molecule has 1 heterocycles. The molecule has 1 N–H and O–H groups in total. The maximum absolute atomic E-state index is 12.1. The van der Waals surface area contributed by atoms with Crippen LogP contribution in [-0.4, -0.2) is 42.8 Å². The van der Waals surface area contributed by atoms with Crippen molar-refractivity contribution in [3.8, 4) is 5.75 Å². The smallest absolute Gasteiger partial charge is 0.234 e. The number of carbonyl (C=O) groups is 1. The van der Waals surface area contributed by atoms with Gasteiger partial charge in [0.25, 0.3) is 0 Å². The summed E-state index contributed by atoms with van der Waals surface area (Å²) >= 11 is 13.5. The number of halogens is 2. The van der Waals surface area contributed by atoms with Gasteiger partial charge in [0.2, 0.25) is 5.91 Å². The van der Waals surface area contributed by atoms with Crippen LogP contribution in [0.25, 0.3) is 0 Å². The maximum Gasteiger partial charge on any atom is 0.234 e. The van der Waals surface area contributed by atoms with Crippen LogP contribution in [-0.2, 0) is 10.5 Å². The summed E-state index contributed by atoms with van der Waals surface area (Å²) in [7, 11) is 2.14. The molecule has 28 heavy (non-hydrogen) atoms. The Hall–Kier alpha value is -1.40. The number of anilines is 1. The van der Waals surface area contributed by atoms with Crippen molar-refractivity contribution >= 4 is 46.6 Å². The van der Waals surface area contributed by atoms with Crippen molar-refractivity contribution < 1.29 is 9.53 Å². The first-order chi connectivity index (χ1) is 13.5. The molecule has 1 fully saturated rings. The summed E-state index contributed by atoms with van der Waals surface area (Å²) in [6, 6.07) is 13.1. The predicted octanol–water partition coefficient (Wildman–Crippen LogP) is 5.34. The van der Waals surface area contributed by atoms with Crippen molar-refractivity contribution in [3.05, 3.63) is 58.1 Å². The number of benzene rings is 2. The van der Waals surface area contributed by atoms with Crippen LogP contribution in [0.5, 0.6) is 5.75 Å². The van der Waals surface area contributed by atoms with E-state index in [0.29, 0.717) is 21.6 Å². The van der Waals surface area contributed by atoms with Gasteiger partial charge in [0.05, 0.1) is 15.8 Å². The van der Waals surface area contributed by atoms with Crippen molar-refractivity contribution in [2.24, 2.45) is 0 Å². The summed E-state index contributed by atoms with van der Waals surface area (Å²) in [4.78, 5) is 14.5. The second kappa shape index (κ2) is 10.4. The van der Waals surface area contributed by atoms with Crippen LogP contribution < -0.4 is 10.1 Å². The van der Waals surface area contributed by atoms with Gasteiger partial charge < -0.3 is 15.0 Å². The van der Waals surface area contributed by atoms with E-state index in [9.17, 15) is 4.79 Å². The molecule has 1 aliphatic heterocycles. The quantitative estimate of drug-likeness (QED) is 0.633. The summed E-state index contributed by atoms with van der Waals surface area (Å²) in [6.07, 6.45) is 2.37. The van der Waals surface area contributed by atoms with Gasteiger partial charge in [0.1, 0.15) is 11.9 Å². The fraction of sp³-hybridized carbons (Fsp3) is 0.381. The predicted molar refractivity (Wildman–Crippen MR) is 119 cm³/mol. The molecule has 0 aromatic heterocycles. The molecule has 0 atom stereocenters. The number of rotatable bonds is 7.